The van der Waals surface area contributed by atoms with Crippen LogP contribution in [0.3, 0.4) is 0 Å². The molecule has 0 saturated carbocycles. The Hall–Kier alpha value is -3.35. The van der Waals surface area contributed by atoms with Gasteiger partial charge >= 0.3 is 0 Å². The molecule has 0 radical (unpaired) electrons. The van der Waals surface area contributed by atoms with Gasteiger partial charge in [-0.3, -0.25) is 14.4 Å². The fourth-order valence-electron chi connectivity index (χ4n) is 3.44. The third kappa shape index (κ3) is 3.98. The van der Waals surface area contributed by atoms with Gasteiger partial charge in [-0.1, -0.05) is 0 Å². The highest BCUT2D eigenvalue weighted by Gasteiger charge is 2.21. The minimum Gasteiger partial charge on any atom is -0.484 e. The minimum atomic E-state index is -0.268. The van der Waals surface area contributed by atoms with Gasteiger partial charge in [0.05, 0.1) is 0 Å². The van der Waals surface area contributed by atoms with Crippen molar-refractivity contribution >= 4 is 34.8 Å². The number of rotatable bonds is 5. The normalized spacial score (nSPS) is 15.8. The number of carbonyl (C=O) groups is 3. The van der Waals surface area contributed by atoms with Crippen LogP contribution in [0.4, 0.5) is 17.1 Å². The maximum atomic E-state index is 12.2. The standard InChI is InChI=1S/C21H21N3O4/c25-19-10-3-14-12-17(8-9-18(14)23-19)28-13-20(26)22-15-4-6-16(7-5-15)24-11-1-2-21(24)27/h4-9,12H,1-3,10-11,13H2,(H,22,26)(H,23,25). The first kappa shape index (κ1) is 18.0. The quantitative estimate of drug-likeness (QED) is 0.836. The fraction of sp³-hybridized carbons (Fsp3) is 0.286. The predicted molar refractivity (Wildman–Crippen MR) is 106 cm³/mol. The molecule has 2 heterocycles. The third-order valence-corrected chi connectivity index (χ3v) is 4.88. The van der Waals surface area contributed by atoms with Crippen LogP contribution < -0.4 is 20.3 Å². The topological polar surface area (TPSA) is 87.7 Å². The van der Waals surface area contributed by atoms with Gasteiger partial charge in [-0.2, -0.15) is 0 Å². The van der Waals surface area contributed by atoms with E-state index in [9.17, 15) is 14.4 Å². The van der Waals surface area contributed by atoms with Crippen LogP contribution in [0, 0.1) is 0 Å². The summed E-state index contributed by atoms with van der Waals surface area (Å²) in [5.41, 5.74) is 3.30. The van der Waals surface area contributed by atoms with Crippen molar-refractivity contribution in [3.05, 3.63) is 48.0 Å². The number of hydrogen-bond donors (Lipinski definition) is 2. The lowest BCUT2D eigenvalue weighted by Gasteiger charge is -2.18. The largest absolute Gasteiger partial charge is 0.484 e. The Labute approximate surface area is 162 Å². The number of hydrogen-bond acceptors (Lipinski definition) is 4. The van der Waals surface area contributed by atoms with E-state index in [1.807, 2.05) is 18.2 Å². The van der Waals surface area contributed by atoms with E-state index in [0.717, 1.165) is 29.9 Å². The van der Waals surface area contributed by atoms with Crippen LogP contribution >= 0.6 is 0 Å². The molecule has 2 N–H and O–H groups in total. The number of amides is 3. The number of anilines is 3. The summed E-state index contributed by atoms with van der Waals surface area (Å²) in [6.45, 7) is 0.625. The molecule has 1 saturated heterocycles. The summed E-state index contributed by atoms with van der Waals surface area (Å²) in [5, 5.41) is 5.60. The molecule has 2 aliphatic heterocycles. The highest BCUT2D eigenvalue weighted by Crippen LogP contribution is 2.27. The van der Waals surface area contributed by atoms with E-state index in [4.69, 9.17) is 4.74 Å². The molecule has 0 bridgehead atoms. The van der Waals surface area contributed by atoms with Crippen LogP contribution in [0.2, 0.25) is 0 Å². The van der Waals surface area contributed by atoms with Gasteiger partial charge in [0.15, 0.2) is 6.61 Å². The molecule has 2 aromatic carbocycles. The van der Waals surface area contributed by atoms with Gasteiger partial charge in [0.2, 0.25) is 11.8 Å². The summed E-state index contributed by atoms with van der Waals surface area (Å²) in [5.74, 6) is 0.472. The Balaban J connectivity index is 1.31. The number of aryl methyl sites for hydroxylation is 1. The van der Waals surface area contributed by atoms with E-state index >= 15 is 0 Å². The zero-order valence-electron chi connectivity index (χ0n) is 15.4. The number of nitrogens with zero attached hydrogens (tertiary/aromatic N) is 1. The van der Waals surface area contributed by atoms with Crippen LogP contribution in [0.25, 0.3) is 0 Å². The Bertz CT molecular complexity index is 924. The fourth-order valence-corrected chi connectivity index (χ4v) is 3.44. The lowest BCUT2D eigenvalue weighted by molar-refractivity contribution is -0.118. The van der Waals surface area contributed by atoms with Gasteiger partial charge in [-0.25, -0.2) is 0 Å². The average molecular weight is 379 g/mol. The molecule has 2 aliphatic rings. The molecule has 0 aromatic heterocycles. The molecule has 7 heteroatoms. The minimum absolute atomic E-state index is 0.0145. The summed E-state index contributed by atoms with van der Waals surface area (Å²) in [7, 11) is 0. The van der Waals surface area contributed by atoms with Gasteiger partial charge < -0.3 is 20.3 Å². The Morgan fingerprint density at radius 1 is 1.07 bits per heavy atom. The zero-order chi connectivity index (χ0) is 19.5. The van der Waals surface area contributed by atoms with Crippen molar-refractivity contribution in [3.63, 3.8) is 0 Å². The molecule has 28 heavy (non-hydrogen) atoms. The lowest BCUT2D eigenvalue weighted by Crippen LogP contribution is -2.23. The van der Waals surface area contributed by atoms with Crippen LogP contribution in [-0.4, -0.2) is 30.9 Å². The van der Waals surface area contributed by atoms with E-state index in [2.05, 4.69) is 10.6 Å². The predicted octanol–water partition coefficient (Wildman–Crippen LogP) is 2.72. The van der Waals surface area contributed by atoms with E-state index in [0.29, 0.717) is 30.7 Å². The van der Waals surface area contributed by atoms with Crippen molar-refractivity contribution in [3.8, 4) is 5.75 Å². The molecule has 7 nitrogen and oxygen atoms in total. The summed E-state index contributed by atoms with van der Waals surface area (Å²) < 4.78 is 5.57. The van der Waals surface area contributed by atoms with Gasteiger partial charge in [0.1, 0.15) is 5.75 Å². The van der Waals surface area contributed by atoms with Crippen LogP contribution in [-0.2, 0) is 20.8 Å². The smallest absolute Gasteiger partial charge is 0.262 e. The molecule has 4 rings (SSSR count). The van der Waals surface area contributed by atoms with Gasteiger partial charge in [0, 0.05) is 36.4 Å². The molecule has 1 fully saturated rings. The number of carbonyl (C=O) groups excluding carboxylic acids is 3. The molecule has 2 aromatic rings. The SMILES string of the molecule is O=C(COc1ccc2c(c1)CCC(=O)N2)Nc1ccc(N2CCCC2=O)cc1. The van der Waals surface area contributed by atoms with E-state index < -0.39 is 0 Å². The van der Waals surface area contributed by atoms with Crippen LogP contribution in [0.1, 0.15) is 24.8 Å². The van der Waals surface area contributed by atoms with Gasteiger partial charge in [-0.15, -0.1) is 0 Å². The first-order valence-electron chi connectivity index (χ1n) is 9.34. The van der Waals surface area contributed by atoms with Crippen molar-refractivity contribution in [1.29, 1.82) is 0 Å². The number of benzene rings is 2. The molecule has 3 amide bonds. The van der Waals surface area contributed by atoms with E-state index in [-0.39, 0.29) is 24.3 Å². The van der Waals surface area contributed by atoms with Gasteiger partial charge in [0.25, 0.3) is 5.91 Å². The molecule has 0 aliphatic carbocycles. The second-order valence-electron chi connectivity index (χ2n) is 6.90. The third-order valence-electron chi connectivity index (χ3n) is 4.88. The average Bonchev–Trinajstić information content (AvgIpc) is 3.13. The number of ether oxygens (including phenoxy) is 1. The summed E-state index contributed by atoms with van der Waals surface area (Å²) in [6.07, 6.45) is 2.58. The van der Waals surface area contributed by atoms with Crippen LogP contribution in [0.15, 0.2) is 42.5 Å². The van der Waals surface area contributed by atoms with E-state index in [1.165, 1.54) is 0 Å². The lowest BCUT2D eigenvalue weighted by atomic mass is 10.0. The Morgan fingerprint density at radius 3 is 2.64 bits per heavy atom. The highest BCUT2D eigenvalue weighted by atomic mass is 16.5. The van der Waals surface area contributed by atoms with Crippen molar-refractivity contribution in [2.24, 2.45) is 0 Å². The van der Waals surface area contributed by atoms with Crippen LogP contribution in [0.5, 0.6) is 5.75 Å². The number of nitrogens with one attached hydrogen (secondary N) is 2. The monoisotopic (exact) mass is 379 g/mol. The Morgan fingerprint density at radius 2 is 1.89 bits per heavy atom. The summed E-state index contributed by atoms with van der Waals surface area (Å²) >= 11 is 0. The zero-order valence-corrected chi connectivity index (χ0v) is 15.4. The second-order valence-corrected chi connectivity index (χ2v) is 6.90. The van der Waals surface area contributed by atoms with Crippen molar-refractivity contribution in [1.82, 2.24) is 0 Å². The number of fused-ring (bicyclic) bond motifs is 1. The van der Waals surface area contributed by atoms with E-state index in [1.54, 1.807) is 29.2 Å². The Kier molecular flexibility index (Phi) is 4.97. The van der Waals surface area contributed by atoms with Crippen molar-refractivity contribution in [2.75, 3.05) is 28.7 Å². The summed E-state index contributed by atoms with van der Waals surface area (Å²) in [6, 6.07) is 12.6. The first-order valence-corrected chi connectivity index (χ1v) is 9.34. The molecule has 144 valence electrons. The second kappa shape index (κ2) is 7.72. The maximum absolute atomic E-state index is 12.2. The first-order chi connectivity index (χ1) is 13.6. The molecule has 0 spiro atoms. The maximum Gasteiger partial charge on any atom is 0.262 e. The summed E-state index contributed by atoms with van der Waals surface area (Å²) in [4.78, 5) is 37.1. The molecule has 0 unspecified atom stereocenters. The van der Waals surface area contributed by atoms with Crippen molar-refractivity contribution in [2.45, 2.75) is 25.7 Å². The molecular formula is C21H21N3O4. The molecule has 0 atom stereocenters. The molecular weight excluding hydrogens is 358 g/mol. The highest BCUT2D eigenvalue weighted by molar-refractivity contribution is 5.96. The van der Waals surface area contributed by atoms with Gasteiger partial charge in [-0.05, 0) is 60.9 Å². The van der Waals surface area contributed by atoms with Crippen molar-refractivity contribution < 1.29 is 19.1 Å².